The topological polar surface area (TPSA) is 102 Å². The highest BCUT2D eigenvalue weighted by molar-refractivity contribution is 5.87. The van der Waals surface area contributed by atoms with Gasteiger partial charge in [0.05, 0.1) is 0 Å². The number of hydrogen-bond acceptors (Lipinski definition) is 7. The first kappa shape index (κ1) is 14.6. The zero-order valence-electron chi connectivity index (χ0n) is 9.35. The third kappa shape index (κ3) is 5.26. The molecule has 17 heavy (non-hydrogen) atoms. The van der Waals surface area contributed by atoms with E-state index in [4.69, 9.17) is 10.2 Å². The van der Waals surface area contributed by atoms with Crippen molar-refractivity contribution >= 4 is 11.9 Å². The van der Waals surface area contributed by atoms with Crippen molar-refractivity contribution in [1.29, 1.82) is 0 Å². The first-order valence-corrected chi connectivity index (χ1v) is 4.30. The van der Waals surface area contributed by atoms with Crippen LogP contribution in [0.2, 0.25) is 0 Å². The highest BCUT2D eigenvalue weighted by atomic mass is 17.2. The fourth-order valence-electron chi connectivity index (χ4n) is 0.403. The quantitative estimate of drug-likeness (QED) is 0.248. The van der Waals surface area contributed by atoms with Crippen molar-refractivity contribution in [3.8, 4) is 0 Å². The van der Waals surface area contributed by atoms with Gasteiger partial charge in [-0.3, -0.25) is 0 Å². The molecule has 0 saturated heterocycles. The van der Waals surface area contributed by atoms with E-state index in [-0.39, 0.29) is 11.1 Å². The number of aliphatic hydroxyl groups excluding tert-OH is 2. The Kier molecular flexibility index (Phi) is 5.32. The summed E-state index contributed by atoms with van der Waals surface area (Å²) >= 11 is 0. The van der Waals surface area contributed by atoms with E-state index in [0.29, 0.717) is 0 Å². The van der Waals surface area contributed by atoms with Crippen LogP contribution >= 0.6 is 0 Å². The van der Waals surface area contributed by atoms with Crippen LogP contribution in [0.5, 0.6) is 0 Å². The number of aliphatic hydroxyl groups is 2. The molecule has 0 aromatic carbocycles. The summed E-state index contributed by atoms with van der Waals surface area (Å²) in [5.41, 5.74) is -0.000462. The van der Waals surface area contributed by atoms with Gasteiger partial charge < -0.3 is 14.9 Å². The molecule has 0 heterocycles. The van der Waals surface area contributed by atoms with Gasteiger partial charge in [-0.1, -0.05) is 13.2 Å². The van der Waals surface area contributed by atoms with E-state index in [1.807, 2.05) is 0 Å². The van der Waals surface area contributed by atoms with Crippen LogP contribution in [-0.2, 0) is 24.1 Å². The second kappa shape index (κ2) is 6.21. The molecule has 0 aliphatic heterocycles. The molecule has 0 bridgehead atoms. The minimum Gasteiger partial charge on any atom is -0.475 e. The molecule has 0 radical (unpaired) electrons. The number of carbonyl (C=O) groups excluding carboxylic acids is 2. The Morgan fingerprint density at radius 1 is 0.882 bits per heavy atom. The lowest BCUT2D eigenvalue weighted by Gasteiger charge is -2.05. The van der Waals surface area contributed by atoms with Crippen LogP contribution in [0.15, 0.2) is 36.2 Å². The Morgan fingerprint density at radius 3 is 1.76 bits per heavy atom. The largest absolute Gasteiger partial charge is 0.475 e. The lowest BCUT2D eigenvalue weighted by Crippen LogP contribution is -2.10. The van der Waals surface area contributed by atoms with E-state index in [0.717, 1.165) is 0 Å². The molecular formula is C10H12O7. The van der Waals surface area contributed by atoms with Crippen molar-refractivity contribution in [2.75, 3.05) is 0 Å². The maximum absolute atomic E-state index is 10.9. The zero-order valence-corrected chi connectivity index (χ0v) is 9.35. The van der Waals surface area contributed by atoms with E-state index in [2.05, 4.69) is 27.7 Å². The van der Waals surface area contributed by atoms with E-state index in [9.17, 15) is 9.59 Å². The van der Waals surface area contributed by atoms with Gasteiger partial charge in [0.2, 0.25) is 0 Å². The Bertz CT molecular complexity index is 391. The molecule has 0 unspecified atom stereocenters. The van der Waals surface area contributed by atoms with Crippen molar-refractivity contribution < 1.29 is 34.3 Å². The van der Waals surface area contributed by atoms with Crippen LogP contribution in [0, 0.1) is 0 Å². The van der Waals surface area contributed by atoms with Gasteiger partial charge in [0.15, 0.2) is 0 Å². The second-order valence-corrected chi connectivity index (χ2v) is 3.01. The molecule has 0 amide bonds. The van der Waals surface area contributed by atoms with Crippen molar-refractivity contribution in [3.05, 3.63) is 36.2 Å². The zero-order chi connectivity index (χ0) is 13.6. The van der Waals surface area contributed by atoms with Gasteiger partial charge in [-0.15, -0.1) is 0 Å². The number of ether oxygens (including phenoxy) is 1. The van der Waals surface area contributed by atoms with Gasteiger partial charge >= 0.3 is 23.8 Å². The van der Waals surface area contributed by atoms with E-state index in [1.54, 1.807) is 0 Å². The second-order valence-electron chi connectivity index (χ2n) is 3.01. The maximum atomic E-state index is 10.9. The third-order valence-corrected chi connectivity index (χ3v) is 1.27. The van der Waals surface area contributed by atoms with E-state index < -0.39 is 23.8 Å². The van der Waals surface area contributed by atoms with Gasteiger partial charge in [-0.2, -0.15) is 0 Å². The van der Waals surface area contributed by atoms with E-state index >= 15 is 0 Å². The number of carbonyl (C=O) groups is 2. The molecule has 0 spiro atoms. The molecule has 0 atom stereocenters. The van der Waals surface area contributed by atoms with Gasteiger partial charge in [0.1, 0.15) is 0 Å². The van der Waals surface area contributed by atoms with Crippen LogP contribution in [0.1, 0.15) is 13.8 Å². The summed E-state index contributed by atoms with van der Waals surface area (Å²) in [6.07, 6.45) is 0. The van der Waals surface area contributed by atoms with Crippen molar-refractivity contribution in [2.24, 2.45) is 0 Å². The lowest BCUT2D eigenvalue weighted by molar-refractivity contribution is -0.268. The number of rotatable bonds is 5. The molecule has 2 N–H and O–H groups in total. The van der Waals surface area contributed by atoms with Crippen molar-refractivity contribution in [2.45, 2.75) is 13.8 Å². The molecule has 0 aliphatic rings. The van der Waals surface area contributed by atoms with Crippen molar-refractivity contribution in [1.82, 2.24) is 0 Å². The molecule has 94 valence electrons. The average Bonchev–Trinajstić information content (AvgIpc) is 2.24. The van der Waals surface area contributed by atoms with Gasteiger partial charge in [-0.05, 0) is 13.8 Å². The molecular weight excluding hydrogens is 232 g/mol. The lowest BCUT2D eigenvalue weighted by atomic mass is 10.4. The number of esters is 1. The van der Waals surface area contributed by atoms with Crippen LogP contribution in [-0.4, -0.2) is 22.2 Å². The van der Waals surface area contributed by atoms with Crippen LogP contribution in [0.3, 0.4) is 0 Å². The Hall–Kier alpha value is -2.44. The minimum atomic E-state index is -1.28. The monoisotopic (exact) mass is 244 g/mol. The fourth-order valence-corrected chi connectivity index (χ4v) is 0.403. The number of hydrogen-bond donors (Lipinski definition) is 2. The summed E-state index contributed by atoms with van der Waals surface area (Å²) in [6.45, 7) is 9.14. The maximum Gasteiger partial charge on any atom is 0.410 e. The predicted octanol–water partition coefficient (Wildman–Crippen LogP) is 1.40. The average molecular weight is 244 g/mol. The molecule has 0 aromatic heterocycles. The normalized spacial score (nSPS) is 10.9. The summed E-state index contributed by atoms with van der Waals surface area (Å²) in [5, 5.41) is 18.0. The summed E-state index contributed by atoms with van der Waals surface area (Å²) in [4.78, 5) is 29.7. The van der Waals surface area contributed by atoms with Crippen molar-refractivity contribution in [3.63, 3.8) is 0 Å². The predicted molar refractivity (Wildman–Crippen MR) is 55.2 cm³/mol. The Labute approximate surface area is 97.1 Å². The van der Waals surface area contributed by atoms with Crippen LogP contribution < -0.4 is 0 Å². The summed E-state index contributed by atoms with van der Waals surface area (Å²) < 4.78 is 4.17. The molecule has 0 rings (SSSR count). The fraction of sp³-hybridized carbons (Fsp3) is 0.200. The smallest absolute Gasteiger partial charge is 0.410 e. The van der Waals surface area contributed by atoms with Gasteiger partial charge in [0, 0.05) is 11.1 Å². The molecule has 0 aliphatic carbocycles. The SMILES string of the molecule is C=C(C)C(=O)OO/C(O)=C(/O)OC(=O)C(=C)C. The van der Waals surface area contributed by atoms with Crippen LogP contribution in [0.4, 0.5) is 0 Å². The third-order valence-electron chi connectivity index (χ3n) is 1.27. The molecule has 0 fully saturated rings. The summed E-state index contributed by atoms with van der Waals surface area (Å²) in [6, 6.07) is 0. The van der Waals surface area contributed by atoms with Crippen LogP contribution in [0.25, 0.3) is 0 Å². The Balaban J connectivity index is 4.41. The first-order valence-electron chi connectivity index (χ1n) is 4.30. The van der Waals surface area contributed by atoms with Gasteiger partial charge in [0.25, 0.3) is 0 Å². The molecule has 7 nitrogen and oxygen atoms in total. The van der Waals surface area contributed by atoms with E-state index in [1.165, 1.54) is 13.8 Å². The highest BCUT2D eigenvalue weighted by Crippen LogP contribution is 2.06. The summed E-state index contributed by atoms with van der Waals surface area (Å²) in [5.74, 6) is -4.49. The molecule has 0 saturated carbocycles. The molecule has 0 aromatic rings. The first-order chi connectivity index (χ1) is 7.75. The summed E-state index contributed by atoms with van der Waals surface area (Å²) in [7, 11) is 0. The standard InChI is InChI=1S/C10H12O7/c1-5(2)7(11)15-9(13)10(14)17-16-8(12)6(3)4/h13-14H,1,3H2,2,4H3/b10-9-. The Morgan fingerprint density at radius 2 is 1.35 bits per heavy atom. The minimum absolute atomic E-state index is 0.0104. The highest BCUT2D eigenvalue weighted by Gasteiger charge is 2.16. The molecule has 7 heteroatoms. The van der Waals surface area contributed by atoms with Gasteiger partial charge in [-0.25, -0.2) is 19.4 Å².